The van der Waals surface area contributed by atoms with Crippen molar-refractivity contribution in [2.75, 3.05) is 0 Å². The monoisotopic (exact) mass is 312 g/mol. The van der Waals surface area contributed by atoms with E-state index in [0.717, 1.165) is 0 Å². The molecule has 0 aliphatic heterocycles. The number of nitrogens with one attached hydrogen (secondary N) is 1. The Morgan fingerprint density at radius 1 is 1.30 bits per heavy atom. The van der Waals surface area contributed by atoms with Crippen molar-refractivity contribution in [1.82, 2.24) is 5.32 Å². The van der Waals surface area contributed by atoms with Gasteiger partial charge in [-0.15, -0.1) is 0 Å². The molecule has 0 spiro atoms. The fraction of sp³-hybridized carbons (Fsp3) is 0.800. The van der Waals surface area contributed by atoms with E-state index in [9.17, 15) is 23.1 Å². The summed E-state index contributed by atoms with van der Waals surface area (Å²) in [4.78, 5) is 23.0. The Hall–Kier alpha value is -1.23. The quantitative estimate of drug-likeness (QED) is 0.245. The Labute approximate surface area is 117 Å². The van der Waals surface area contributed by atoms with Crippen molar-refractivity contribution >= 4 is 22.0 Å². The van der Waals surface area contributed by atoms with Gasteiger partial charge >= 0.3 is 5.97 Å². The highest BCUT2D eigenvalue weighted by Crippen LogP contribution is 2.08. The lowest BCUT2D eigenvalue weighted by atomic mass is 10.2. The molecule has 9 nitrogen and oxygen atoms in total. The third-order valence-corrected chi connectivity index (χ3v) is 3.48. The standard InChI is InChI=1S/C10H20N2O7S/c1-3-7(11)19-9(14)5-6(20(16,17)18)10(15)12-8(13)4-2/h6-8,13H,3-5,11H2,1-2H3,(H,12,15)(H,16,17,18). The first-order valence-electron chi connectivity index (χ1n) is 6.01. The third-order valence-electron chi connectivity index (χ3n) is 2.38. The number of rotatable bonds is 8. The molecular weight excluding hydrogens is 292 g/mol. The molecule has 3 atom stereocenters. The summed E-state index contributed by atoms with van der Waals surface area (Å²) in [5, 5.41) is 9.11. The number of carbonyl (C=O) groups is 2. The molecule has 0 aliphatic carbocycles. The Balaban J connectivity index is 4.84. The highest BCUT2D eigenvalue weighted by Gasteiger charge is 2.35. The van der Waals surface area contributed by atoms with Crippen LogP contribution in [0.2, 0.25) is 0 Å². The number of ether oxygens (including phenoxy) is 1. The van der Waals surface area contributed by atoms with E-state index in [0.29, 0.717) is 6.42 Å². The van der Waals surface area contributed by atoms with Crippen LogP contribution in [0, 0.1) is 0 Å². The van der Waals surface area contributed by atoms with E-state index in [1.165, 1.54) is 0 Å². The van der Waals surface area contributed by atoms with Gasteiger partial charge in [-0.05, 0) is 12.8 Å². The second-order valence-electron chi connectivity index (χ2n) is 4.08. The smallest absolute Gasteiger partial charge is 0.309 e. The van der Waals surface area contributed by atoms with Crippen molar-refractivity contribution < 1.29 is 32.4 Å². The molecule has 0 radical (unpaired) electrons. The summed E-state index contributed by atoms with van der Waals surface area (Å²) in [6.45, 7) is 3.18. The molecule has 0 rings (SSSR count). The van der Waals surface area contributed by atoms with Gasteiger partial charge in [-0.3, -0.25) is 19.9 Å². The molecule has 5 N–H and O–H groups in total. The topological polar surface area (TPSA) is 156 Å². The van der Waals surface area contributed by atoms with Gasteiger partial charge in [0.1, 0.15) is 6.23 Å². The number of esters is 1. The predicted octanol–water partition coefficient (Wildman–Crippen LogP) is -1.28. The summed E-state index contributed by atoms with van der Waals surface area (Å²) in [7, 11) is -4.82. The van der Waals surface area contributed by atoms with Gasteiger partial charge in [-0.1, -0.05) is 13.8 Å². The Bertz CT molecular complexity index is 437. The van der Waals surface area contributed by atoms with Crippen LogP contribution in [0.4, 0.5) is 0 Å². The van der Waals surface area contributed by atoms with Gasteiger partial charge in [0.25, 0.3) is 10.1 Å². The first-order valence-corrected chi connectivity index (χ1v) is 7.51. The lowest BCUT2D eigenvalue weighted by Gasteiger charge is -2.17. The van der Waals surface area contributed by atoms with E-state index in [4.69, 9.17) is 10.3 Å². The minimum absolute atomic E-state index is 0.134. The van der Waals surface area contributed by atoms with Crippen molar-refractivity contribution in [2.45, 2.75) is 50.8 Å². The first-order chi connectivity index (χ1) is 9.11. The zero-order valence-corrected chi connectivity index (χ0v) is 12.1. The largest absolute Gasteiger partial charge is 0.447 e. The summed E-state index contributed by atoms with van der Waals surface area (Å²) in [5.74, 6) is -2.23. The van der Waals surface area contributed by atoms with Crippen LogP contribution in [0.25, 0.3) is 0 Å². The van der Waals surface area contributed by atoms with Gasteiger partial charge in [0.15, 0.2) is 11.5 Å². The zero-order chi connectivity index (χ0) is 15.9. The second-order valence-corrected chi connectivity index (χ2v) is 5.68. The molecule has 0 bridgehead atoms. The molecule has 0 aliphatic rings. The molecule has 0 heterocycles. The summed E-state index contributed by atoms with van der Waals surface area (Å²) in [6, 6.07) is 0. The molecule has 0 saturated heterocycles. The fourth-order valence-electron chi connectivity index (χ4n) is 1.14. The van der Waals surface area contributed by atoms with Crippen molar-refractivity contribution in [3.63, 3.8) is 0 Å². The average molecular weight is 312 g/mol. The zero-order valence-electron chi connectivity index (χ0n) is 11.3. The maximum atomic E-state index is 11.6. The van der Waals surface area contributed by atoms with Gasteiger partial charge < -0.3 is 15.2 Å². The van der Waals surface area contributed by atoms with Crippen LogP contribution < -0.4 is 11.1 Å². The highest BCUT2D eigenvalue weighted by molar-refractivity contribution is 7.87. The van der Waals surface area contributed by atoms with Gasteiger partial charge in [0, 0.05) is 0 Å². The van der Waals surface area contributed by atoms with Gasteiger partial charge in [0.2, 0.25) is 5.91 Å². The van der Waals surface area contributed by atoms with Crippen molar-refractivity contribution in [3.05, 3.63) is 0 Å². The van der Waals surface area contributed by atoms with E-state index in [1.54, 1.807) is 13.8 Å². The molecule has 20 heavy (non-hydrogen) atoms. The maximum Gasteiger partial charge on any atom is 0.309 e. The van der Waals surface area contributed by atoms with Gasteiger partial charge in [-0.25, -0.2) is 0 Å². The van der Waals surface area contributed by atoms with Crippen LogP contribution in [-0.2, 0) is 24.4 Å². The first kappa shape index (κ1) is 18.8. The van der Waals surface area contributed by atoms with E-state index in [-0.39, 0.29) is 6.42 Å². The molecule has 118 valence electrons. The molecule has 0 aromatic rings. The van der Waals surface area contributed by atoms with Crippen LogP contribution in [0.3, 0.4) is 0 Å². The molecule has 10 heteroatoms. The maximum absolute atomic E-state index is 11.6. The van der Waals surface area contributed by atoms with Crippen molar-refractivity contribution in [3.8, 4) is 0 Å². The number of aliphatic hydroxyl groups excluding tert-OH is 1. The lowest BCUT2D eigenvalue weighted by molar-refractivity contribution is -0.150. The minimum atomic E-state index is -4.82. The van der Waals surface area contributed by atoms with Gasteiger partial charge in [0.05, 0.1) is 6.42 Å². The van der Waals surface area contributed by atoms with Crippen LogP contribution in [0.5, 0.6) is 0 Å². The number of hydrogen-bond acceptors (Lipinski definition) is 7. The number of carbonyl (C=O) groups excluding carboxylic acids is 2. The van der Waals surface area contributed by atoms with Crippen LogP contribution in [0.1, 0.15) is 33.1 Å². The van der Waals surface area contributed by atoms with E-state index in [1.807, 2.05) is 5.32 Å². The molecule has 1 amide bonds. The number of nitrogens with two attached hydrogens (primary N) is 1. The van der Waals surface area contributed by atoms with Crippen molar-refractivity contribution in [1.29, 1.82) is 0 Å². The second kappa shape index (κ2) is 8.15. The summed E-state index contributed by atoms with van der Waals surface area (Å²) in [6.07, 6.45) is -2.65. The van der Waals surface area contributed by atoms with Gasteiger partial charge in [-0.2, -0.15) is 8.42 Å². The Kier molecular flexibility index (Phi) is 7.64. The van der Waals surface area contributed by atoms with Crippen molar-refractivity contribution in [2.24, 2.45) is 5.73 Å². The van der Waals surface area contributed by atoms with Crippen LogP contribution in [0.15, 0.2) is 0 Å². The number of amides is 1. The fourth-order valence-corrected chi connectivity index (χ4v) is 1.83. The van der Waals surface area contributed by atoms with E-state index in [2.05, 4.69) is 4.74 Å². The lowest BCUT2D eigenvalue weighted by Crippen LogP contribution is -2.45. The predicted molar refractivity (Wildman–Crippen MR) is 68.8 cm³/mol. The minimum Gasteiger partial charge on any atom is -0.447 e. The average Bonchev–Trinajstić information content (AvgIpc) is 2.33. The molecule has 0 fully saturated rings. The Morgan fingerprint density at radius 2 is 1.85 bits per heavy atom. The number of hydrogen-bond donors (Lipinski definition) is 4. The normalized spacial score (nSPS) is 16.1. The van der Waals surface area contributed by atoms with E-state index < -0.39 is 46.1 Å². The number of aliphatic hydroxyl groups is 1. The Morgan fingerprint density at radius 3 is 2.25 bits per heavy atom. The van der Waals surface area contributed by atoms with Crippen LogP contribution >= 0.6 is 0 Å². The molecule has 0 aromatic carbocycles. The molecule has 3 unspecified atom stereocenters. The SMILES string of the molecule is CCC(O)NC(=O)C(CC(=O)OC(N)CC)S(=O)(=O)O. The summed E-state index contributed by atoms with van der Waals surface area (Å²) < 4.78 is 35.8. The third kappa shape index (κ3) is 6.80. The molecule has 0 aromatic heterocycles. The highest BCUT2D eigenvalue weighted by atomic mass is 32.2. The summed E-state index contributed by atoms with van der Waals surface area (Å²) in [5.41, 5.74) is 5.34. The molecular formula is C10H20N2O7S. The summed E-state index contributed by atoms with van der Waals surface area (Å²) >= 11 is 0. The van der Waals surface area contributed by atoms with Crippen LogP contribution in [-0.4, -0.2) is 47.7 Å². The molecule has 0 saturated carbocycles. The van der Waals surface area contributed by atoms with E-state index >= 15 is 0 Å².